The number of amides is 1. The molecule has 4 heteroatoms. The third-order valence-electron chi connectivity index (χ3n) is 4.62. The molecule has 0 fully saturated rings. The van der Waals surface area contributed by atoms with Crippen LogP contribution in [0.5, 0.6) is 11.5 Å². The molecule has 0 heterocycles. The molecular weight excluding hydrogens is 326 g/mol. The third kappa shape index (κ3) is 5.25. The first-order valence-electron chi connectivity index (χ1n) is 9.33. The molecule has 2 aromatic rings. The molecule has 26 heavy (non-hydrogen) atoms. The predicted octanol–water partition coefficient (Wildman–Crippen LogP) is 3.84. The molecule has 4 nitrogen and oxygen atoms in total. The Morgan fingerprint density at radius 1 is 1.00 bits per heavy atom. The van der Waals surface area contributed by atoms with E-state index in [2.05, 4.69) is 17.4 Å². The van der Waals surface area contributed by atoms with Gasteiger partial charge in [0.25, 0.3) is 5.91 Å². The summed E-state index contributed by atoms with van der Waals surface area (Å²) in [7, 11) is 0. The summed E-state index contributed by atoms with van der Waals surface area (Å²) in [6, 6.07) is 13.9. The minimum Gasteiger partial charge on any atom is -0.491 e. The van der Waals surface area contributed by atoms with Gasteiger partial charge < -0.3 is 14.8 Å². The second-order valence-corrected chi connectivity index (χ2v) is 7.02. The molecule has 1 aliphatic rings. The highest BCUT2D eigenvalue weighted by Crippen LogP contribution is 2.25. The minimum absolute atomic E-state index is 0.0215. The Labute approximate surface area is 155 Å². The topological polar surface area (TPSA) is 47.6 Å². The van der Waals surface area contributed by atoms with Gasteiger partial charge in [0.05, 0.1) is 6.04 Å². The summed E-state index contributed by atoms with van der Waals surface area (Å²) in [4.78, 5) is 12.1. The molecule has 0 saturated carbocycles. The zero-order chi connectivity index (χ0) is 18.4. The highest BCUT2D eigenvalue weighted by atomic mass is 16.5. The summed E-state index contributed by atoms with van der Waals surface area (Å²) in [5.41, 5.74) is 3.96. The van der Waals surface area contributed by atoms with Crippen LogP contribution in [0.15, 0.2) is 42.5 Å². The van der Waals surface area contributed by atoms with E-state index < -0.39 is 0 Å². The normalized spacial score (nSPS) is 14.2. The third-order valence-corrected chi connectivity index (χ3v) is 4.62. The number of carbonyl (C=O) groups is 1. The van der Waals surface area contributed by atoms with Crippen LogP contribution in [0.4, 0.5) is 0 Å². The first kappa shape index (κ1) is 18.3. The Kier molecular flexibility index (Phi) is 6.16. The van der Waals surface area contributed by atoms with Gasteiger partial charge in [-0.1, -0.05) is 23.8 Å². The van der Waals surface area contributed by atoms with Crippen molar-refractivity contribution in [3.8, 4) is 11.5 Å². The van der Waals surface area contributed by atoms with Gasteiger partial charge >= 0.3 is 0 Å². The maximum atomic E-state index is 12.1. The van der Waals surface area contributed by atoms with E-state index in [0.29, 0.717) is 6.61 Å². The van der Waals surface area contributed by atoms with Crippen molar-refractivity contribution in [2.75, 3.05) is 13.2 Å². The van der Waals surface area contributed by atoms with Crippen LogP contribution in [-0.2, 0) is 17.6 Å². The van der Waals surface area contributed by atoms with Gasteiger partial charge in [0.2, 0.25) is 0 Å². The van der Waals surface area contributed by atoms with E-state index in [4.69, 9.17) is 9.47 Å². The molecule has 138 valence electrons. The second-order valence-electron chi connectivity index (χ2n) is 7.02. The summed E-state index contributed by atoms with van der Waals surface area (Å²) < 4.78 is 11.4. The fraction of sp³-hybridized carbons (Fsp3) is 0.409. The largest absolute Gasteiger partial charge is 0.491 e. The number of carbonyl (C=O) groups excluding carboxylic acids is 1. The van der Waals surface area contributed by atoms with E-state index in [0.717, 1.165) is 24.3 Å². The molecule has 1 aliphatic carbocycles. The molecule has 1 atom stereocenters. The first-order chi connectivity index (χ1) is 12.6. The van der Waals surface area contributed by atoms with E-state index >= 15 is 0 Å². The zero-order valence-electron chi connectivity index (χ0n) is 15.6. The Bertz CT molecular complexity index is 740. The van der Waals surface area contributed by atoms with E-state index in [-0.39, 0.29) is 18.6 Å². The molecule has 0 saturated heterocycles. The molecule has 1 unspecified atom stereocenters. The van der Waals surface area contributed by atoms with Gasteiger partial charge in [-0.2, -0.15) is 0 Å². The molecule has 0 aliphatic heterocycles. The lowest BCUT2D eigenvalue weighted by molar-refractivity contribution is -0.123. The number of ether oxygens (including phenoxy) is 2. The lowest BCUT2D eigenvalue weighted by Crippen LogP contribution is -2.39. The van der Waals surface area contributed by atoms with Crippen LogP contribution >= 0.6 is 0 Å². The van der Waals surface area contributed by atoms with Crippen molar-refractivity contribution in [3.05, 3.63) is 59.2 Å². The summed E-state index contributed by atoms with van der Waals surface area (Å²) >= 11 is 0. The van der Waals surface area contributed by atoms with Crippen molar-refractivity contribution in [1.82, 2.24) is 5.32 Å². The van der Waals surface area contributed by atoms with Crippen LogP contribution in [0.3, 0.4) is 0 Å². The number of hydrogen-bond donors (Lipinski definition) is 1. The van der Waals surface area contributed by atoms with Crippen molar-refractivity contribution in [2.45, 2.75) is 45.6 Å². The summed E-state index contributed by atoms with van der Waals surface area (Å²) in [5.74, 6) is 1.44. The molecule has 0 aromatic heterocycles. The quantitative estimate of drug-likeness (QED) is 0.823. The van der Waals surface area contributed by atoms with Crippen LogP contribution in [0.25, 0.3) is 0 Å². The van der Waals surface area contributed by atoms with Gasteiger partial charge in [0.1, 0.15) is 18.1 Å². The molecular formula is C22H27NO3. The monoisotopic (exact) mass is 353 g/mol. The second kappa shape index (κ2) is 8.75. The van der Waals surface area contributed by atoms with E-state index in [9.17, 15) is 4.79 Å². The molecule has 3 rings (SSSR count). The van der Waals surface area contributed by atoms with Gasteiger partial charge in [-0.25, -0.2) is 0 Å². The maximum Gasteiger partial charge on any atom is 0.258 e. The van der Waals surface area contributed by atoms with E-state index in [1.165, 1.54) is 29.5 Å². The fourth-order valence-electron chi connectivity index (χ4n) is 3.16. The maximum absolute atomic E-state index is 12.1. The summed E-state index contributed by atoms with van der Waals surface area (Å²) in [6.07, 6.45) is 4.74. The predicted molar refractivity (Wildman–Crippen MR) is 103 cm³/mol. The average Bonchev–Trinajstić information content (AvgIpc) is 2.66. The SMILES string of the molecule is Cc1ccc(OCC(C)NC(=O)COc2ccc3c(c2)CCCC3)cc1. The number of rotatable bonds is 7. The van der Waals surface area contributed by atoms with Crippen molar-refractivity contribution in [1.29, 1.82) is 0 Å². The molecule has 1 N–H and O–H groups in total. The van der Waals surface area contributed by atoms with Crippen LogP contribution in [0.2, 0.25) is 0 Å². The van der Waals surface area contributed by atoms with E-state index in [1.54, 1.807) is 0 Å². The number of benzene rings is 2. The van der Waals surface area contributed by atoms with Crippen molar-refractivity contribution in [3.63, 3.8) is 0 Å². The molecule has 0 radical (unpaired) electrons. The number of fused-ring (bicyclic) bond motifs is 1. The Morgan fingerprint density at radius 2 is 1.69 bits per heavy atom. The first-order valence-corrected chi connectivity index (χ1v) is 9.33. The lowest BCUT2D eigenvalue weighted by atomic mass is 9.92. The molecule has 0 bridgehead atoms. The van der Waals surface area contributed by atoms with Gasteiger partial charge in [-0.05, 0) is 74.9 Å². The molecule has 1 amide bonds. The summed E-state index contributed by atoms with van der Waals surface area (Å²) in [5, 5.41) is 2.91. The minimum atomic E-state index is -0.136. The van der Waals surface area contributed by atoms with Crippen molar-refractivity contribution in [2.24, 2.45) is 0 Å². The summed E-state index contributed by atoms with van der Waals surface area (Å²) in [6.45, 7) is 4.40. The standard InChI is InChI=1S/C22H27NO3/c1-16-7-10-20(11-8-16)25-14-17(2)23-22(24)15-26-21-12-9-18-5-3-4-6-19(18)13-21/h7-13,17H,3-6,14-15H2,1-2H3,(H,23,24). The zero-order valence-corrected chi connectivity index (χ0v) is 15.6. The smallest absolute Gasteiger partial charge is 0.258 e. The van der Waals surface area contributed by atoms with Gasteiger partial charge in [-0.15, -0.1) is 0 Å². The number of aryl methyl sites for hydroxylation is 3. The van der Waals surface area contributed by atoms with Crippen LogP contribution in [-0.4, -0.2) is 25.2 Å². The Hall–Kier alpha value is -2.49. The van der Waals surface area contributed by atoms with Crippen molar-refractivity contribution >= 4 is 5.91 Å². The molecule has 0 spiro atoms. The fourth-order valence-corrected chi connectivity index (χ4v) is 3.16. The van der Waals surface area contributed by atoms with Gasteiger partial charge in [-0.3, -0.25) is 4.79 Å². The lowest BCUT2D eigenvalue weighted by Gasteiger charge is -2.17. The van der Waals surface area contributed by atoms with Crippen LogP contribution in [0.1, 0.15) is 36.5 Å². The highest BCUT2D eigenvalue weighted by Gasteiger charge is 2.12. The van der Waals surface area contributed by atoms with Crippen molar-refractivity contribution < 1.29 is 14.3 Å². The van der Waals surface area contributed by atoms with Crippen LogP contribution in [0, 0.1) is 6.92 Å². The number of nitrogens with one attached hydrogen (secondary N) is 1. The van der Waals surface area contributed by atoms with E-state index in [1.807, 2.05) is 44.2 Å². The number of hydrogen-bond acceptors (Lipinski definition) is 3. The average molecular weight is 353 g/mol. The molecule has 2 aromatic carbocycles. The Morgan fingerprint density at radius 3 is 2.46 bits per heavy atom. The van der Waals surface area contributed by atoms with Gasteiger partial charge in [0, 0.05) is 0 Å². The highest BCUT2D eigenvalue weighted by molar-refractivity contribution is 5.77. The van der Waals surface area contributed by atoms with Gasteiger partial charge in [0.15, 0.2) is 6.61 Å². The van der Waals surface area contributed by atoms with Crippen LogP contribution < -0.4 is 14.8 Å². The Balaban J connectivity index is 1.41.